The van der Waals surface area contributed by atoms with Crippen LogP contribution in [0.3, 0.4) is 0 Å². The maximum atomic E-state index is 11.2. The Hall–Kier alpha value is -1.82. The van der Waals surface area contributed by atoms with Crippen molar-refractivity contribution in [2.24, 2.45) is 11.7 Å². The van der Waals surface area contributed by atoms with Crippen LogP contribution < -0.4 is 15.8 Å². The quantitative estimate of drug-likeness (QED) is 0.628. The second kappa shape index (κ2) is 5.88. The lowest BCUT2D eigenvalue weighted by atomic mass is 10.0. The van der Waals surface area contributed by atoms with Gasteiger partial charge in [-0.05, 0) is 37.4 Å². The van der Waals surface area contributed by atoms with Gasteiger partial charge in [-0.2, -0.15) is 0 Å². The molecule has 1 aromatic carbocycles. The average Bonchev–Trinajstić information content (AvgIpc) is 2.85. The molecule has 0 heterocycles. The van der Waals surface area contributed by atoms with Crippen LogP contribution in [0, 0.1) is 16.0 Å². The summed E-state index contributed by atoms with van der Waals surface area (Å²) in [5, 5.41) is 14.5. The summed E-state index contributed by atoms with van der Waals surface area (Å²) in [7, 11) is 1.43. The van der Waals surface area contributed by atoms with Crippen molar-refractivity contribution in [3.63, 3.8) is 0 Å². The fraction of sp³-hybridized carbons (Fsp3) is 0.538. The van der Waals surface area contributed by atoms with Crippen LogP contribution in [0.2, 0.25) is 0 Å². The Morgan fingerprint density at radius 2 is 2.32 bits per heavy atom. The Balaban J connectivity index is 2.27. The third-order valence-electron chi connectivity index (χ3n) is 3.70. The smallest absolute Gasteiger partial charge is 0.333 e. The van der Waals surface area contributed by atoms with Crippen LogP contribution in [-0.4, -0.2) is 24.6 Å². The van der Waals surface area contributed by atoms with Crippen molar-refractivity contribution in [3.05, 3.63) is 28.3 Å². The minimum Gasteiger partial charge on any atom is -0.490 e. The third-order valence-corrected chi connectivity index (χ3v) is 3.70. The summed E-state index contributed by atoms with van der Waals surface area (Å²) < 4.78 is 5.06. The van der Waals surface area contributed by atoms with E-state index >= 15 is 0 Å². The highest BCUT2D eigenvalue weighted by Crippen LogP contribution is 2.37. The third kappa shape index (κ3) is 2.78. The van der Waals surface area contributed by atoms with Crippen molar-refractivity contribution in [1.82, 2.24) is 0 Å². The zero-order valence-corrected chi connectivity index (χ0v) is 11.0. The number of methoxy groups -OCH3 is 1. The van der Waals surface area contributed by atoms with E-state index in [0.717, 1.165) is 19.3 Å². The second-order valence-corrected chi connectivity index (χ2v) is 4.79. The Bertz CT molecular complexity index is 464. The van der Waals surface area contributed by atoms with Crippen molar-refractivity contribution >= 4 is 11.4 Å². The summed E-state index contributed by atoms with van der Waals surface area (Å²) in [4.78, 5) is 10.8. The highest BCUT2D eigenvalue weighted by molar-refractivity contribution is 5.68. The van der Waals surface area contributed by atoms with Crippen LogP contribution in [0.1, 0.15) is 19.3 Å². The molecule has 0 spiro atoms. The molecule has 0 saturated heterocycles. The van der Waals surface area contributed by atoms with Crippen LogP contribution in [-0.2, 0) is 0 Å². The van der Waals surface area contributed by atoms with E-state index < -0.39 is 4.92 Å². The second-order valence-electron chi connectivity index (χ2n) is 4.79. The fourth-order valence-electron chi connectivity index (χ4n) is 2.70. The molecule has 19 heavy (non-hydrogen) atoms. The number of nitrogens with one attached hydrogen (secondary N) is 1. The van der Waals surface area contributed by atoms with E-state index in [1.165, 1.54) is 7.11 Å². The number of ether oxygens (including phenoxy) is 1. The van der Waals surface area contributed by atoms with Gasteiger partial charge in [-0.3, -0.25) is 10.1 Å². The number of hydrogen-bond acceptors (Lipinski definition) is 5. The Morgan fingerprint density at radius 1 is 1.53 bits per heavy atom. The molecule has 2 atom stereocenters. The first-order valence-corrected chi connectivity index (χ1v) is 6.45. The number of para-hydroxylation sites is 1. The van der Waals surface area contributed by atoms with Crippen LogP contribution in [0.15, 0.2) is 18.2 Å². The van der Waals surface area contributed by atoms with E-state index in [9.17, 15) is 10.1 Å². The maximum absolute atomic E-state index is 11.2. The zero-order chi connectivity index (χ0) is 13.8. The van der Waals surface area contributed by atoms with Crippen molar-refractivity contribution in [1.29, 1.82) is 0 Å². The first-order chi connectivity index (χ1) is 9.17. The Labute approximate surface area is 112 Å². The van der Waals surface area contributed by atoms with Gasteiger partial charge in [-0.15, -0.1) is 0 Å². The Morgan fingerprint density at radius 3 is 2.95 bits per heavy atom. The number of nitrogens with two attached hydrogens (primary N) is 1. The van der Waals surface area contributed by atoms with Gasteiger partial charge in [0.2, 0.25) is 0 Å². The number of rotatable bonds is 5. The lowest BCUT2D eigenvalue weighted by Crippen LogP contribution is -2.29. The number of benzene rings is 1. The van der Waals surface area contributed by atoms with Crippen LogP contribution in [0.25, 0.3) is 0 Å². The van der Waals surface area contributed by atoms with Gasteiger partial charge in [0.05, 0.1) is 12.0 Å². The number of nitro groups is 1. The molecule has 1 saturated carbocycles. The molecule has 3 N–H and O–H groups in total. The summed E-state index contributed by atoms with van der Waals surface area (Å²) in [6, 6.07) is 5.27. The average molecular weight is 265 g/mol. The summed E-state index contributed by atoms with van der Waals surface area (Å²) in [6.45, 7) is 0.607. The normalized spacial score (nSPS) is 22.2. The summed E-state index contributed by atoms with van der Waals surface area (Å²) in [5.41, 5.74) is 6.24. The number of hydrogen-bond donors (Lipinski definition) is 2. The standard InChI is InChI=1S/C13H19N3O3/c1-19-12-7-3-6-11(13(12)16(17)18)15-10-5-2-4-9(10)8-14/h3,6-7,9-10,15H,2,4-5,8,14H2,1H3. The van der Waals surface area contributed by atoms with Gasteiger partial charge in [0, 0.05) is 6.04 Å². The molecule has 1 aromatic rings. The van der Waals surface area contributed by atoms with E-state index in [2.05, 4.69) is 5.32 Å². The topological polar surface area (TPSA) is 90.4 Å². The van der Waals surface area contributed by atoms with Crippen molar-refractivity contribution in [3.8, 4) is 5.75 Å². The minimum atomic E-state index is -0.409. The van der Waals surface area contributed by atoms with Crippen molar-refractivity contribution in [2.45, 2.75) is 25.3 Å². The highest BCUT2D eigenvalue weighted by atomic mass is 16.6. The van der Waals surface area contributed by atoms with Gasteiger partial charge in [0.1, 0.15) is 5.69 Å². The maximum Gasteiger partial charge on any atom is 0.333 e. The number of nitrogens with zero attached hydrogens (tertiary/aromatic N) is 1. The van der Waals surface area contributed by atoms with Crippen LogP contribution >= 0.6 is 0 Å². The lowest BCUT2D eigenvalue weighted by molar-refractivity contribution is -0.384. The lowest BCUT2D eigenvalue weighted by Gasteiger charge is -2.20. The predicted molar refractivity (Wildman–Crippen MR) is 73.5 cm³/mol. The first kappa shape index (κ1) is 13.6. The van der Waals surface area contributed by atoms with Crippen molar-refractivity contribution in [2.75, 3.05) is 19.0 Å². The molecule has 0 amide bonds. The van der Waals surface area contributed by atoms with Gasteiger partial charge >= 0.3 is 5.69 Å². The molecule has 2 rings (SSSR count). The summed E-state index contributed by atoms with van der Waals surface area (Å²) in [5.74, 6) is 0.656. The monoisotopic (exact) mass is 265 g/mol. The summed E-state index contributed by atoms with van der Waals surface area (Å²) in [6.07, 6.45) is 3.18. The zero-order valence-electron chi connectivity index (χ0n) is 11.0. The molecule has 0 bridgehead atoms. The molecule has 0 aromatic heterocycles. The van der Waals surface area contributed by atoms with Gasteiger partial charge in [0.25, 0.3) is 0 Å². The molecule has 0 radical (unpaired) electrons. The molecule has 0 aliphatic heterocycles. The van der Waals surface area contributed by atoms with E-state index in [1.807, 2.05) is 0 Å². The predicted octanol–water partition coefficient (Wildman–Crippen LogP) is 2.14. The van der Waals surface area contributed by atoms with Gasteiger partial charge in [-0.25, -0.2) is 0 Å². The molecule has 6 heteroatoms. The van der Waals surface area contributed by atoms with E-state index in [1.54, 1.807) is 18.2 Å². The largest absolute Gasteiger partial charge is 0.490 e. The van der Waals surface area contributed by atoms with Gasteiger partial charge < -0.3 is 15.8 Å². The molecule has 1 aliphatic rings. The van der Waals surface area contributed by atoms with Crippen LogP contribution in [0.4, 0.5) is 11.4 Å². The summed E-state index contributed by atoms with van der Waals surface area (Å²) >= 11 is 0. The molecule has 1 fully saturated rings. The van der Waals surface area contributed by atoms with Gasteiger partial charge in [-0.1, -0.05) is 12.5 Å². The molecule has 1 aliphatic carbocycles. The molecule has 6 nitrogen and oxygen atoms in total. The first-order valence-electron chi connectivity index (χ1n) is 6.45. The fourth-order valence-corrected chi connectivity index (χ4v) is 2.70. The molecule has 2 unspecified atom stereocenters. The number of anilines is 1. The van der Waals surface area contributed by atoms with E-state index in [-0.39, 0.29) is 17.5 Å². The van der Waals surface area contributed by atoms with E-state index in [0.29, 0.717) is 18.2 Å². The Kier molecular flexibility index (Phi) is 4.21. The van der Waals surface area contributed by atoms with Crippen LogP contribution in [0.5, 0.6) is 5.75 Å². The van der Waals surface area contributed by atoms with Gasteiger partial charge in [0.15, 0.2) is 5.75 Å². The minimum absolute atomic E-state index is 0.00679. The highest BCUT2D eigenvalue weighted by Gasteiger charge is 2.29. The molecular formula is C13H19N3O3. The molecular weight excluding hydrogens is 246 g/mol. The van der Waals surface area contributed by atoms with E-state index in [4.69, 9.17) is 10.5 Å². The SMILES string of the molecule is COc1cccc(NC2CCCC2CN)c1[N+](=O)[O-]. The molecule has 104 valence electrons. The van der Waals surface area contributed by atoms with Crippen molar-refractivity contribution < 1.29 is 9.66 Å². The number of nitro benzene ring substituents is 1.